The molecule has 0 fully saturated rings. The van der Waals surface area contributed by atoms with Crippen LogP contribution in [-0.2, 0) is 4.79 Å². The summed E-state index contributed by atoms with van der Waals surface area (Å²) in [7, 11) is 0. The molecular weight excluding hydrogens is 124 g/mol. The monoisotopic (exact) mass is 136 g/mol. The zero-order chi connectivity index (χ0) is 7.66. The average molecular weight is 136 g/mol. The van der Waals surface area contributed by atoms with Crippen LogP contribution in [0.15, 0.2) is 36.5 Å². The highest BCUT2D eigenvalue weighted by atomic mass is 16.1. The molecule has 0 aliphatic heterocycles. The molecule has 0 aliphatic rings. The number of rotatable bonds is 4. The predicted octanol–water partition coefficient (Wildman–Crippen LogP) is 2.26. The molecule has 0 saturated carbocycles. The minimum Gasteiger partial charge on any atom is -0.303 e. The number of hydrogen-bond acceptors (Lipinski definition) is 1. The number of carbonyl (C=O) groups is 1. The Balaban J connectivity index is 3.41. The van der Waals surface area contributed by atoms with Crippen LogP contribution in [0, 0.1) is 0 Å². The van der Waals surface area contributed by atoms with Gasteiger partial charge in [0.15, 0.2) is 0 Å². The maximum absolute atomic E-state index is 9.80. The van der Waals surface area contributed by atoms with Crippen LogP contribution in [0.25, 0.3) is 0 Å². The van der Waals surface area contributed by atoms with Gasteiger partial charge >= 0.3 is 0 Å². The van der Waals surface area contributed by atoms with E-state index in [0.29, 0.717) is 6.42 Å². The molecule has 1 nitrogen and oxygen atoms in total. The van der Waals surface area contributed by atoms with E-state index in [-0.39, 0.29) is 0 Å². The fraction of sp³-hybridized carbons (Fsp3) is 0.222. The van der Waals surface area contributed by atoms with Gasteiger partial charge in [-0.3, -0.25) is 0 Å². The van der Waals surface area contributed by atoms with Gasteiger partial charge in [0.05, 0.1) is 0 Å². The predicted molar refractivity (Wildman–Crippen MR) is 43.8 cm³/mol. The van der Waals surface area contributed by atoms with Crippen LogP contribution < -0.4 is 0 Å². The largest absolute Gasteiger partial charge is 0.303 e. The Kier molecular flexibility index (Phi) is 7.01. The van der Waals surface area contributed by atoms with Gasteiger partial charge in [0.2, 0.25) is 0 Å². The number of carbonyl (C=O) groups excluding carboxylic acids is 1. The molecule has 0 unspecified atom stereocenters. The Morgan fingerprint density at radius 2 is 1.80 bits per heavy atom. The lowest BCUT2D eigenvalue weighted by Gasteiger charge is -1.72. The fourth-order valence-electron chi connectivity index (χ4n) is 0.452. The first-order valence-electron chi connectivity index (χ1n) is 3.30. The summed E-state index contributed by atoms with van der Waals surface area (Å²) in [6, 6.07) is 0. The van der Waals surface area contributed by atoms with E-state index in [1.807, 2.05) is 43.4 Å². The summed E-state index contributed by atoms with van der Waals surface area (Å²) in [4.78, 5) is 9.80. The van der Waals surface area contributed by atoms with E-state index in [1.165, 1.54) is 0 Å². The molecule has 54 valence electrons. The molecule has 0 rings (SSSR count). The summed E-state index contributed by atoms with van der Waals surface area (Å²) in [6.45, 7) is 1.96. The van der Waals surface area contributed by atoms with Gasteiger partial charge in [0, 0.05) is 6.42 Å². The zero-order valence-electron chi connectivity index (χ0n) is 6.16. The third kappa shape index (κ3) is 6.89. The Labute approximate surface area is 61.8 Å². The van der Waals surface area contributed by atoms with Crippen molar-refractivity contribution < 1.29 is 4.79 Å². The van der Waals surface area contributed by atoms with Crippen molar-refractivity contribution in [2.45, 2.75) is 13.3 Å². The Bertz CT molecular complexity index is 152. The summed E-state index contributed by atoms with van der Waals surface area (Å²) < 4.78 is 0. The second-order valence-electron chi connectivity index (χ2n) is 1.74. The van der Waals surface area contributed by atoms with Crippen molar-refractivity contribution in [3.63, 3.8) is 0 Å². The highest BCUT2D eigenvalue weighted by Gasteiger charge is 1.66. The molecule has 0 atom stereocenters. The lowest BCUT2D eigenvalue weighted by molar-refractivity contribution is -0.107. The third-order valence-electron chi connectivity index (χ3n) is 0.894. The van der Waals surface area contributed by atoms with Crippen LogP contribution in [0.5, 0.6) is 0 Å². The van der Waals surface area contributed by atoms with E-state index in [0.717, 1.165) is 6.29 Å². The van der Waals surface area contributed by atoms with E-state index in [4.69, 9.17) is 0 Å². The van der Waals surface area contributed by atoms with Crippen LogP contribution >= 0.6 is 0 Å². The Morgan fingerprint density at radius 3 is 2.40 bits per heavy atom. The molecule has 0 aliphatic carbocycles. The summed E-state index contributed by atoms with van der Waals surface area (Å²) in [6.07, 6.45) is 12.7. The quantitative estimate of drug-likeness (QED) is 0.428. The topological polar surface area (TPSA) is 17.1 Å². The number of hydrogen-bond donors (Lipinski definition) is 0. The highest BCUT2D eigenvalue weighted by molar-refractivity contribution is 5.52. The molecular formula is C9H12O. The normalized spacial score (nSPS) is 12.1. The van der Waals surface area contributed by atoms with Crippen LogP contribution in [-0.4, -0.2) is 6.29 Å². The summed E-state index contributed by atoms with van der Waals surface area (Å²) in [5, 5.41) is 0. The third-order valence-corrected chi connectivity index (χ3v) is 0.894. The number of allylic oxidation sites excluding steroid dienone is 6. The molecule has 0 amide bonds. The average Bonchev–Trinajstić information content (AvgIpc) is 1.97. The van der Waals surface area contributed by atoms with Crippen molar-refractivity contribution in [1.82, 2.24) is 0 Å². The van der Waals surface area contributed by atoms with Crippen molar-refractivity contribution >= 4 is 6.29 Å². The number of aldehydes is 1. The van der Waals surface area contributed by atoms with Crippen molar-refractivity contribution in [3.05, 3.63) is 36.5 Å². The second kappa shape index (κ2) is 7.89. The molecule has 0 aromatic carbocycles. The van der Waals surface area contributed by atoms with E-state index in [9.17, 15) is 4.79 Å². The molecule has 0 N–H and O–H groups in total. The molecule has 0 bridgehead atoms. The van der Waals surface area contributed by atoms with E-state index >= 15 is 0 Å². The minimum absolute atomic E-state index is 0.500. The van der Waals surface area contributed by atoms with Gasteiger partial charge in [-0.25, -0.2) is 0 Å². The molecule has 0 radical (unpaired) electrons. The standard InChI is InChI=1S/C9H12O/c1-2-3-4-5-6-7-8-9-10/h2-7,9H,8H2,1H3/b3-2-,5-4-,7-6+. The van der Waals surface area contributed by atoms with Crippen molar-refractivity contribution in [1.29, 1.82) is 0 Å². The van der Waals surface area contributed by atoms with Crippen LogP contribution in [0.2, 0.25) is 0 Å². The lowest BCUT2D eigenvalue weighted by Crippen LogP contribution is -1.62. The van der Waals surface area contributed by atoms with Gasteiger partial charge in [0.1, 0.15) is 6.29 Å². The van der Waals surface area contributed by atoms with Gasteiger partial charge in [-0.1, -0.05) is 36.5 Å². The first kappa shape index (κ1) is 8.89. The first-order chi connectivity index (χ1) is 4.91. The second-order valence-corrected chi connectivity index (χ2v) is 1.74. The van der Waals surface area contributed by atoms with E-state index in [1.54, 1.807) is 0 Å². The van der Waals surface area contributed by atoms with E-state index in [2.05, 4.69) is 0 Å². The SMILES string of the molecule is C\C=C/C=C\C=C\CC=O. The van der Waals surface area contributed by atoms with Crippen molar-refractivity contribution in [2.24, 2.45) is 0 Å². The smallest absolute Gasteiger partial charge is 0.123 e. The Morgan fingerprint density at radius 1 is 1.10 bits per heavy atom. The molecule has 0 heterocycles. The summed E-state index contributed by atoms with van der Waals surface area (Å²) >= 11 is 0. The van der Waals surface area contributed by atoms with Crippen LogP contribution in [0.1, 0.15) is 13.3 Å². The van der Waals surface area contributed by atoms with Crippen LogP contribution in [0.3, 0.4) is 0 Å². The summed E-state index contributed by atoms with van der Waals surface area (Å²) in [5.74, 6) is 0. The Hall–Kier alpha value is -1.11. The molecule has 10 heavy (non-hydrogen) atoms. The molecule has 0 aromatic heterocycles. The maximum atomic E-state index is 9.80. The maximum Gasteiger partial charge on any atom is 0.123 e. The van der Waals surface area contributed by atoms with Gasteiger partial charge in [-0.05, 0) is 6.92 Å². The minimum atomic E-state index is 0.500. The van der Waals surface area contributed by atoms with E-state index < -0.39 is 0 Å². The molecule has 1 heteroatoms. The van der Waals surface area contributed by atoms with Crippen LogP contribution in [0.4, 0.5) is 0 Å². The van der Waals surface area contributed by atoms with Gasteiger partial charge in [-0.15, -0.1) is 0 Å². The van der Waals surface area contributed by atoms with Crippen molar-refractivity contribution in [3.8, 4) is 0 Å². The van der Waals surface area contributed by atoms with Gasteiger partial charge in [-0.2, -0.15) is 0 Å². The summed E-state index contributed by atoms with van der Waals surface area (Å²) in [5.41, 5.74) is 0. The lowest BCUT2D eigenvalue weighted by atomic mass is 10.3. The fourth-order valence-corrected chi connectivity index (χ4v) is 0.452. The molecule has 0 aromatic rings. The van der Waals surface area contributed by atoms with Crippen molar-refractivity contribution in [2.75, 3.05) is 0 Å². The highest BCUT2D eigenvalue weighted by Crippen LogP contribution is 1.81. The zero-order valence-corrected chi connectivity index (χ0v) is 6.16. The molecule has 0 saturated heterocycles. The molecule has 0 spiro atoms. The van der Waals surface area contributed by atoms with Gasteiger partial charge < -0.3 is 4.79 Å². The van der Waals surface area contributed by atoms with Gasteiger partial charge in [0.25, 0.3) is 0 Å². The first-order valence-corrected chi connectivity index (χ1v) is 3.30.